The SMILES string of the molecule is Oc1ccc2c(c1)CC(CN1CCC(Cc3cccc(C(F)(F)F)c3)CC1)O2. The minimum atomic E-state index is -4.28. The van der Waals surface area contributed by atoms with Gasteiger partial charge in [-0.2, -0.15) is 13.2 Å². The zero-order chi connectivity index (χ0) is 19.7. The van der Waals surface area contributed by atoms with Crippen molar-refractivity contribution in [2.75, 3.05) is 19.6 Å². The second kappa shape index (κ2) is 7.66. The summed E-state index contributed by atoms with van der Waals surface area (Å²) in [5.41, 5.74) is 1.25. The van der Waals surface area contributed by atoms with Crippen LogP contribution in [0.2, 0.25) is 0 Å². The maximum atomic E-state index is 12.9. The van der Waals surface area contributed by atoms with E-state index >= 15 is 0 Å². The fraction of sp³-hybridized carbons (Fsp3) is 0.455. The number of ether oxygens (including phenoxy) is 1. The lowest BCUT2D eigenvalue weighted by Crippen LogP contribution is -2.40. The van der Waals surface area contributed by atoms with E-state index in [1.807, 2.05) is 6.07 Å². The Bertz CT molecular complexity index is 829. The summed E-state index contributed by atoms with van der Waals surface area (Å²) in [4.78, 5) is 2.37. The van der Waals surface area contributed by atoms with E-state index in [0.29, 0.717) is 12.3 Å². The summed E-state index contributed by atoms with van der Waals surface area (Å²) < 4.78 is 44.6. The number of phenolic OH excluding ortho intramolecular Hbond substituents is 1. The summed E-state index contributed by atoms with van der Waals surface area (Å²) in [5.74, 6) is 1.53. The number of phenols is 1. The number of halogens is 3. The van der Waals surface area contributed by atoms with Crippen LogP contribution in [0.4, 0.5) is 13.2 Å². The molecule has 0 radical (unpaired) electrons. The molecule has 2 aromatic rings. The number of hydrogen-bond acceptors (Lipinski definition) is 3. The van der Waals surface area contributed by atoms with Crippen molar-refractivity contribution in [3.63, 3.8) is 0 Å². The molecule has 6 heteroatoms. The first-order chi connectivity index (χ1) is 13.4. The Labute approximate surface area is 162 Å². The van der Waals surface area contributed by atoms with Crippen LogP contribution >= 0.6 is 0 Å². The Morgan fingerprint density at radius 3 is 2.61 bits per heavy atom. The highest BCUT2D eigenvalue weighted by Crippen LogP contribution is 2.33. The van der Waals surface area contributed by atoms with Gasteiger partial charge >= 0.3 is 6.18 Å². The van der Waals surface area contributed by atoms with Crippen molar-refractivity contribution in [1.29, 1.82) is 0 Å². The molecule has 1 N–H and O–H groups in total. The molecule has 150 valence electrons. The summed E-state index contributed by atoms with van der Waals surface area (Å²) in [6.45, 7) is 2.71. The van der Waals surface area contributed by atoms with E-state index in [1.165, 1.54) is 12.1 Å². The van der Waals surface area contributed by atoms with Crippen molar-refractivity contribution in [1.82, 2.24) is 4.90 Å². The Morgan fingerprint density at radius 1 is 1.07 bits per heavy atom. The zero-order valence-electron chi connectivity index (χ0n) is 15.6. The predicted molar refractivity (Wildman–Crippen MR) is 101 cm³/mol. The number of hydrogen-bond donors (Lipinski definition) is 1. The third kappa shape index (κ3) is 4.43. The number of nitrogens with zero attached hydrogens (tertiary/aromatic N) is 1. The van der Waals surface area contributed by atoms with Crippen LogP contribution in [-0.4, -0.2) is 35.7 Å². The van der Waals surface area contributed by atoms with E-state index in [-0.39, 0.29) is 11.9 Å². The normalized spacial score (nSPS) is 20.8. The molecule has 3 nitrogen and oxygen atoms in total. The smallest absolute Gasteiger partial charge is 0.416 e. The first-order valence-electron chi connectivity index (χ1n) is 9.74. The fourth-order valence-electron chi connectivity index (χ4n) is 4.28. The van der Waals surface area contributed by atoms with Crippen molar-refractivity contribution in [2.45, 2.75) is 38.0 Å². The largest absolute Gasteiger partial charge is 0.508 e. The highest BCUT2D eigenvalue weighted by atomic mass is 19.4. The van der Waals surface area contributed by atoms with E-state index in [2.05, 4.69) is 4.90 Å². The number of fused-ring (bicyclic) bond motifs is 1. The highest BCUT2D eigenvalue weighted by molar-refractivity contribution is 5.42. The summed E-state index contributed by atoms with van der Waals surface area (Å²) in [5, 5.41) is 9.59. The average molecular weight is 391 g/mol. The molecule has 0 amide bonds. The minimum absolute atomic E-state index is 0.0943. The highest BCUT2D eigenvalue weighted by Gasteiger charge is 2.31. The number of alkyl halides is 3. The molecule has 0 aromatic heterocycles. The molecule has 2 heterocycles. The molecule has 2 aromatic carbocycles. The van der Waals surface area contributed by atoms with Gasteiger partial charge in [0.25, 0.3) is 0 Å². The lowest BCUT2D eigenvalue weighted by molar-refractivity contribution is -0.137. The maximum absolute atomic E-state index is 12.9. The number of likely N-dealkylation sites (tertiary alicyclic amines) is 1. The van der Waals surface area contributed by atoms with Gasteiger partial charge in [0.1, 0.15) is 17.6 Å². The maximum Gasteiger partial charge on any atom is 0.416 e. The molecule has 2 aliphatic rings. The molecule has 1 unspecified atom stereocenters. The van der Waals surface area contributed by atoms with Gasteiger partial charge in [-0.05, 0) is 68.1 Å². The number of piperidine rings is 1. The Morgan fingerprint density at radius 2 is 1.86 bits per heavy atom. The van der Waals surface area contributed by atoms with Gasteiger partial charge in [-0.25, -0.2) is 0 Å². The van der Waals surface area contributed by atoms with E-state index in [4.69, 9.17) is 4.74 Å². The van der Waals surface area contributed by atoms with Gasteiger partial charge in [0.15, 0.2) is 0 Å². The first-order valence-corrected chi connectivity index (χ1v) is 9.74. The topological polar surface area (TPSA) is 32.7 Å². The standard InChI is InChI=1S/C22H24F3NO2/c23-22(24,25)18-3-1-2-16(11-18)10-15-6-8-26(9-7-15)14-20-13-17-12-19(27)4-5-21(17)28-20/h1-5,11-12,15,20,27H,6-10,13-14H2. The van der Waals surface area contributed by atoms with Gasteiger partial charge in [0.05, 0.1) is 5.56 Å². The van der Waals surface area contributed by atoms with Gasteiger partial charge < -0.3 is 9.84 Å². The molecular weight excluding hydrogens is 367 g/mol. The summed E-state index contributed by atoms with van der Waals surface area (Å²) >= 11 is 0. The summed E-state index contributed by atoms with van der Waals surface area (Å²) in [6, 6.07) is 10.9. The molecule has 1 atom stereocenters. The molecule has 2 aliphatic heterocycles. The monoisotopic (exact) mass is 391 g/mol. The third-order valence-electron chi connectivity index (χ3n) is 5.73. The zero-order valence-corrected chi connectivity index (χ0v) is 15.6. The first kappa shape index (κ1) is 19.1. The van der Waals surface area contributed by atoms with Crippen LogP contribution in [0.25, 0.3) is 0 Å². The van der Waals surface area contributed by atoms with Crippen LogP contribution in [0.5, 0.6) is 11.5 Å². The molecule has 0 spiro atoms. The molecule has 0 bridgehead atoms. The van der Waals surface area contributed by atoms with Gasteiger partial charge in [0, 0.05) is 18.5 Å². The van der Waals surface area contributed by atoms with Gasteiger partial charge in [-0.15, -0.1) is 0 Å². The quantitative estimate of drug-likeness (QED) is 0.822. The molecule has 28 heavy (non-hydrogen) atoms. The second-order valence-electron chi connectivity index (χ2n) is 7.88. The summed E-state index contributed by atoms with van der Waals surface area (Å²) in [6.07, 6.45) is -0.726. The number of aromatic hydroxyl groups is 1. The lowest BCUT2D eigenvalue weighted by Gasteiger charge is -2.33. The number of rotatable bonds is 4. The molecule has 1 fully saturated rings. The van der Waals surface area contributed by atoms with E-state index in [0.717, 1.165) is 61.8 Å². The van der Waals surface area contributed by atoms with Crippen LogP contribution in [0.15, 0.2) is 42.5 Å². The van der Waals surface area contributed by atoms with E-state index in [1.54, 1.807) is 18.2 Å². The minimum Gasteiger partial charge on any atom is -0.508 e. The van der Waals surface area contributed by atoms with Crippen molar-refractivity contribution in [3.05, 3.63) is 59.2 Å². The Hall–Kier alpha value is -2.21. The van der Waals surface area contributed by atoms with Crippen molar-refractivity contribution >= 4 is 0 Å². The summed E-state index contributed by atoms with van der Waals surface area (Å²) in [7, 11) is 0. The van der Waals surface area contributed by atoms with Crippen LogP contribution in [0.1, 0.15) is 29.5 Å². The number of benzene rings is 2. The van der Waals surface area contributed by atoms with Gasteiger partial charge in [0.2, 0.25) is 0 Å². The average Bonchev–Trinajstić information content (AvgIpc) is 3.04. The lowest BCUT2D eigenvalue weighted by atomic mass is 9.89. The molecule has 0 saturated carbocycles. The predicted octanol–water partition coefficient (Wildman–Crippen LogP) is 4.67. The van der Waals surface area contributed by atoms with Crippen LogP contribution in [-0.2, 0) is 19.0 Å². The van der Waals surface area contributed by atoms with Gasteiger partial charge in [-0.1, -0.05) is 18.2 Å². The van der Waals surface area contributed by atoms with Crippen LogP contribution < -0.4 is 4.74 Å². The van der Waals surface area contributed by atoms with E-state index < -0.39 is 11.7 Å². The van der Waals surface area contributed by atoms with Crippen molar-refractivity contribution in [2.24, 2.45) is 5.92 Å². The van der Waals surface area contributed by atoms with Crippen LogP contribution in [0, 0.1) is 5.92 Å². The van der Waals surface area contributed by atoms with Crippen LogP contribution in [0.3, 0.4) is 0 Å². The molecular formula is C22H24F3NO2. The molecule has 4 rings (SSSR count). The molecule has 1 saturated heterocycles. The third-order valence-corrected chi connectivity index (χ3v) is 5.73. The van der Waals surface area contributed by atoms with E-state index in [9.17, 15) is 18.3 Å². The van der Waals surface area contributed by atoms with Crippen molar-refractivity contribution < 1.29 is 23.0 Å². The second-order valence-corrected chi connectivity index (χ2v) is 7.88. The molecule has 0 aliphatic carbocycles. The fourth-order valence-corrected chi connectivity index (χ4v) is 4.28. The van der Waals surface area contributed by atoms with Crippen molar-refractivity contribution in [3.8, 4) is 11.5 Å². The Kier molecular flexibility index (Phi) is 5.23. The Balaban J connectivity index is 1.27. The van der Waals surface area contributed by atoms with Gasteiger partial charge in [-0.3, -0.25) is 4.90 Å².